The van der Waals surface area contributed by atoms with Crippen molar-refractivity contribution in [1.82, 2.24) is 10.0 Å². The molecule has 0 aromatic carbocycles. The van der Waals surface area contributed by atoms with Gasteiger partial charge < -0.3 is 0 Å². The van der Waals surface area contributed by atoms with Gasteiger partial charge in [0.2, 0.25) is 0 Å². The van der Waals surface area contributed by atoms with Crippen molar-refractivity contribution < 1.29 is 21.1 Å². The van der Waals surface area contributed by atoms with E-state index in [4.69, 9.17) is 0 Å². The molecule has 0 saturated carbocycles. The molecule has 0 saturated heterocycles. The van der Waals surface area contributed by atoms with E-state index in [1.807, 2.05) is 38.2 Å². The standard InChI is InChI=1S/C4H12N2.W/c1-5(2)6(3)4;/h1-4H3;. The predicted octanol–water partition coefficient (Wildman–Crippen LogP) is 0.0221. The molecule has 0 aromatic heterocycles. The quantitative estimate of drug-likeness (QED) is 0.621. The van der Waals surface area contributed by atoms with Crippen LogP contribution in [0.4, 0.5) is 0 Å². The summed E-state index contributed by atoms with van der Waals surface area (Å²) in [4.78, 5) is 0. The number of hydrogen-bond donors (Lipinski definition) is 0. The minimum absolute atomic E-state index is 0. The summed E-state index contributed by atoms with van der Waals surface area (Å²) in [6, 6.07) is 0. The Morgan fingerprint density at radius 3 is 0.857 bits per heavy atom. The van der Waals surface area contributed by atoms with Gasteiger partial charge in [-0.25, -0.2) is 10.0 Å². The maximum absolute atomic E-state index is 2.00. The molecule has 0 radical (unpaired) electrons. The molecule has 0 aliphatic rings. The molecule has 0 rings (SSSR count). The maximum atomic E-state index is 2.00. The van der Waals surface area contributed by atoms with Crippen LogP contribution in [0.2, 0.25) is 0 Å². The van der Waals surface area contributed by atoms with Gasteiger partial charge in [-0.2, -0.15) is 0 Å². The van der Waals surface area contributed by atoms with Crippen LogP contribution >= 0.6 is 0 Å². The van der Waals surface area contributed by atoms with Crippen LogP contribution < -0.4 is 0 Å². The molecule has 44 valence electrons. The summed E-state index contributed by atoms with van der Waals surface area (Å²) in [5.41, 5.74) is 0. The third-order valence-electron chi connectivity index (χ3n) is 0.800. The number of hydrazine groups is 1. The zero-order chi connectivity index (χ0) is 5.15. The largest absolute Gasteiger partial charge is 0.248 e. The van der Waals surface area contributed by atoms with Gasteiger partial charge in [0, 0.05) is 49.3 Å². The zero-order valence-electron chi connectivity index (χ0n) is 5.30. The normalized spacial score (nSPS) is 9.43. The summed E-state index contributed by atoms with van der Waals surface area (Å²) in [6.45, 7) is 0. The van der Waals surface area contributed by atoms with E-state index < -0.39 is 0 Å². The molecule has 0 heterocycles. The van der Waals surface area contributed by atoms with Gasteiger partial charge in [0.25, 0.3) is 0 Å². The van der Waals surface area contributed by atoms with Crippen molar-refractivity contribution in [3.05, 3.63) is 0 Å². The van der Waals surface area contributed by atoms with Crippen LogP contribution in [0.1, 0.15) is 0 Å². The number of nitrogens with zero attached hydrogens (tertiary/aromatic N) is 2. The van der Waals surface area contributed by atoms with E-state index in [1.165, 1.54) is 0 Å². The molecule has 0 atom stereocenters. The molecular weight excluding hydrogens is 260 g/mol. The molecule has 0 aliphatic carbocycles. The SMILES string of the molecule is CN(C)N(C)C.[W]. The van der Waals surface area contributed by atoms with Gasteiger partial charge in [0.05, 0.1) is 0 Å². The van der Waals surface area contributed by atoms with E-state index >= 15 is 0 Å². The smallest absolute Gasteiger partial charge is 0.00151 e. The van der Waals surface area contributed by atoms with Crippen LogP contribution in [0.25, 0.3) is 0 Å². The summed E-state index contributed by atoms with van der Waals surface area (Å²) >= 11 is 0. The van der Waals surface area contributed by atoms with E-state index in [1.54, 1.807) is 0 Å². The Kier molecular flexibility index (Phi) is 7.18. The van der Waals surface area contributed by atoms with Gasteiger partial charge in [-0.05, 0) is 0 Å². The third kappa shape index (κ3) is 6.61. The van der Waals surface area contributed by atoms with E-state index in [0.29, 0.717) is 0 Å². The van der Waals surface area contributed by atoms with Crippen molar-refractivity contribution in [2.75, 3.05) is 28.2 Å². The van der Waals surface area contributed by atoms with Crippen LogP contribution in [0.5, 0.6) is 0 Å². The summed E-state index contributed by atoms with van der Waals surface area (Å²) in [5, 5.41) is 4.00. The topological polar surface area (TPSA) is 6.48 Å². The van der Waals surface area contributed by atoms with Gasteiger partial charge in [0.1, 0.15) is 0 Å². The first-order chi connectivity index (χ1) is 2.64. The Balaban J connectivity index is 0. The van der Waals surface area contributed by atoms with Gasteiger partial charge in [-0.1, -0.05) is 0 Å². The van der Waals surface area contributed by atoms with Gasteiger partial charge >= 0.3 is 0 Å². The average Bonchev–Trinajstić information content (AvgIpc) is 1.36. The average molecular weight is 272 g/mol. The van der Waals surface area contributed by atoms with Crippen molar-refractivity contribution in [2.45, 2.75) is 0 Å². The molecule has 0 fully saturated rings. The van der Waals surface area contributed by atoms with Crippen molar-refractivity contribution in [2.24, 2.45) is 0 Å². The van der Waals surface area contributed by atoms with Crippen LogP contribution in [0.15, 0.2) is 0 Å². The van der Waals surface area contributed by atoms with Crippen LogP contribution in [0.3, 0.4) is 0 Å². The second-order valence-electron chi connectivity index (χ2n) is 1.69. The van der Waals surface area contributed by atoms with Crippen LogP contribution in [-0.4, -0.2) is 38.2 Å². The summed E-state index contributed by atoms with van der Waals surface area (Å²) < 4.78 is 0. The van der Waals surface area contributed by atoms with Crippen molar-refractivity contribution in [3.8, 4) is 0 Å². The fourth-order valence-electron chi connectivity index (χ4n) is 0. The minimum Gasteiger partial charge on any atom is -0.248 e. The van der Waals surface area contributed by atoms with Gasteiger partial charge in [-0.15, -0.1) is 0 Å². The molecule has 0 aromatic rings. The first-order valence-electron chi connectivity index (χ1n) is 1.99. The van der Waals surface area contributed by atoms with Crippen molar-refractivity contribution in [1.29, 1.82) is 0 Å². The second kappa shape index (κ2) is 4.76. The van der Waals surface area contributed by atoms with Crippen LogP contribution in [0, 0.1) is 0 Å². The predicted molar refractivity (Wildman–Crippen MR) is 27.4 cm³/mol. The third-order valence-corrected chi connectivity index (χ3v) is 0.800. The Morgan fingerprint density at radius 1 is 0.714 bits per heavy atom. The molecule has 3 heteroatoms. The first-order valence-corrected chi connectivity index (χ1v) is 1.99. The second-order valence-corrected chi connectivity index (χ2v) is 1.69. The molecule has 0 amide bonds. The van der Waals surface area contributed by atoms with E-state index in [2.05, 4.69) is 0 Å². The molecule has 0 unspecified atom stereocenters. The van der Waals surface area contributed by atoms with E-state index in [-0.39, 0.29) is 21.1 Å². The fraction of sp³-hybridized carbons (Fsp3) is 1.00. The monoisotopic (exact) mass is 272 g/mol. The Hall–Kier alpha value is 0.608. The molecule has 0 aliphatic heterocycles. The zero-order valence-corrected chi connectivity index (χ0v) is 8.24. The van der Waals surface area contributed by atoms with Crippen molar-refractivity contribution in [3.63, 3.8) is 0 Å². The van der Waals surface area contributed by atoms with Gasteiger partial charge in [0.15, 0.2) is 0 Å². The van der Waals surface area contributed by atoms with Gasteiger partial charge in [-0.3, -0.25) is 0 Å². The summed E-state index contributed by atoms with van der Waals surface area (Å²) in [6.07, 6.45) is 0. The minimum atomic E-state index is 0. The molecular formula is C4H12N2W. The van der Waals surface area contributed by atoms with Crippen LogP contribution in [-0.2, 0) is 21.1 Å². The molecule has 2 nitrogen and oxygen atoms in total. The Bertz CT molecular complexity index is 30.7. The fourth-order valence-corrected chi connectivity index (χ4v) is 0. The Labute approximate surface area is 59.7 Å². The van der Waals surface area contributed by atoms with E-state index in [0.717, 1.165) is 0 Å². The Morgan fingerprint density at radius 2 is 0.857 bits per heavy atom. The van der Waals surface area contributed by atoms with E-state index in [9.17, 15) is 0 Å². The molecule has 0 spiro atoms. The number of rotatable bonds is 1. The summed E-state index contributed by atoms with van der Waals surface area (Å²) in [5.74, 6) is 0. The summed E-state index contributed by atoms with van der Waals surface area (Å²) in [7, 11) is 8.00. The number of hydrogen-bond acceptors (Lipinski definition) is 2. The molecule has 7 heavy (non-hydrogen) atoms. The molecule has 0 N–H and O–H groups in total. The first kappa shape index (κ1) is 10.6. The van der Waals surface area contributed by atoms with Crippen molar-refractivity contribution >= 4 is 0 Å². The molecule has 0 bridgehead atoms. The maximum Gasteiger partial charge on any atom is 0.00151 e.